The van der Waals surface area contributed by atoms with Gasteiger partial charge in [-0.3, -0.25) is 4.79 Å². The SMILES string of the molecule is CC(C)C(CCN)Nc1nc[nH]c(=O)c1N. The van der Waals surface area contributed by atoms with Gasteiger partial charge in [-0.05, 0) is 18.9 Å². The summed E-state index contributed by atoms with van der Waals surface area (Å²) in [4.78, 5) is 17.7. The van der Waals surface area contributed by atoms with Gasteiger partial charge in [0.1, 0.15) is 5.69 Å². The zero-order chi connectivity index (χ0) is 12.1. The second-order valence-corrected chi connectivity index (χ2v) is 4.07. The van der Waals surface area contributed by atoms with Crippen LogP contribution in [0.2, 0.25) is 0 Å². The van der Waals surface area contributed by atoms with Gasteiger partial charge in [0, 0.05) is 6.04 Å². The molecule has 1 heterocycles. The fraction of sp³-hybridized carbons (Fsp3) is 0.600. The lowest BCUT2D eigenvalue weighted by molar-refractivity contribution is 0.497. The fourth-order valence-electron chi connectivity index (χ4n) is 1.45. The highest BCUT2D eigenvalue weighted by molar-refractivity contribution is 5.59. The van der Waals surface area contributed by atoms with Crippen LogP contribution in [0.25, 0.3) is 0 Å². The van der Waals surface area contributed by atoms with E-state index in [-0.39, 0.29) is 17.3 Å². The first-order valence-electron chi connectivity index (χ1n) is 5.36. The van der Waals surface area contributed by atoms with Gasteiger partial charge in [0.2, 0.25) is 0 Å². The second kappa shape index (κ2) is 5.50. The molecule has 1 aromatic heterocycles. The maximum atomic E-state index is 11.3. The topological polar surface area (TPSA) is 110 Å². The summed E-state index contributed by atoms with van der Waals surface area (Å²) in [6.45, 7) is 4.74. The van der Waals surface area contributed by atoms with Crippen LogP contribution in [-0.4, -0.2) is 22.6 Å². The van der Waals surface area contributed by atoms with Crippen LogP contribution in [0.1, 0.15) is 20.3 Å². The molecule has 6 heteroatoms. The van der Waals surface area contributed by atoms with E-state index in [1.165, 1.54) is 6.33 Å². The van der Waals surface area contributed by atoms with Crippen LogP contribution >= 0.6 is 0 Å². The molecule has 1 rings (SSSR count). The third-order valence-electron chi connectivity index (χ3n) is 2.49. The summed E-state index contributed by atoms with van der Waals surface area (Å²) in [7, 11) is 0. The Balaban J connectivity index is 2.85. The average molecular weight is 225 g/mol. The van der Waals surface area contributed by atoms with Crippen LogP contribution in [0, 0.1) is 5.92 Å². The molecule has 0 aliphatic rings. The van der Waals surface area contributed by atoms with Crippen molar-refractivity contribution in [2.75, 3.05) is 17.6 Å². The molecule has 0 aliphatic heterocycles. The largest absolute Gasteiger partial charge is 0.391 e. The number of nitrogens with zero attached hydrogens (tertiary/aromatic N) is 1. The Labute approximate surface area is 94.5 Å². The maximum absolute atomic E-state index is 11.3. The van der Waals surface area contributed by atoms with Crippen LogP contribution in [0.15, 0.2) is 11.1 Å². The summed E-state index contributed by atoms with van der Waals surface area (Å²) in [6.07, 6.45) is 2.15. The van der Waals surface area contributed by atoms with Crippen LogP contribution in [0.4, 0.5) is 11.5 Å². The number of nitrogen functional groups attached to an aromatic ring is 1. The van der Waals surface area contributed by atoms with Gasteiger partial charge in [-0.2, -0.15) is 0 Å². The molecule has 0 saturated heterocycles. The van der Waals surface area contributed by atoms with Crippen LogP contribution in [0.5, 0.6) is 0 Å². The van der Waals surface area contributed by atoms with E-state index in [9.17, 15) is 4.79 Å². The maximum Gasteiger partial charge on any atom is 0.276 e. The van der Waals surface area contributed by atoms with E-state index in [4.69, 9.17) is 11.5 Å². The van der Waals surface area contributed by atoms with E-state index in [1.54, 1.807) is 0 Å². The number of anilines is 2. The number of rotatable bonds is 5. The van der Waals surface area contributed by atoms with Crippen molar-refractivity contribution in [3.8, 4) is 0 Å². The Morgan fingerprint density at radius 2 is 2.25 bits per heavy atom. The summed E-state index contributed by atoms with van der Waals surface area (Å²) < 4.78 is 0. The van der Waals surface area contributed by atoms with Crippen LogP contribution in [0.3, 0.4) is 0 Å². The molecule has 1 aromatic rings. The lowest BCUT2D eigenvalue weighted by Crippen LogP contribution is -2.30. The first kappa shape index (κ1) is 12.5. The molecular formula is C10H19N5O. The number of aromatic amines is 1. The van der Waals surface area contributed by atoms with Gasteiger partial charge in [0.25, 0.3) is 5.56 Å². The van der Waals surface area contributed by atoms with Gasteiger partial charge in [0.05, 0.1) is 6.33 Å². The number of hydrogen-bond acceptors (Lipinski definition) is 5. The van der Waals surface area contributed by atoms with E-state index in [2.05, 4.69) is 29.1 Å². The number of hydrogen-bond donors (Lipinski definition) is 4. The Morgan fingerprint density at radius 1 is 1.56 bits per heavy atom. The number of H-pyrrole nitrogens is 1. The average Bonchev–Trinajstić information content (AvgIpc) is 2.23. The van der Waals surface area contributed by atoms with Crippen molar-refractivity contribution >= 4 is 11.5 Å². The molecule has 1 atom stereocenters. The predicted octanol–water partition coefficient (Wildman–Crippen LogP) is 0.137. The van der Waals surface area contributed by atoms with E-state index in [0.717, 1.165) is 6.42 Å². The third kappa shape index (κ3) is 2.96. The first-order chi connectivity index (χ1) is 7.56. The van der Waals surface area contributed by atoms with Gasteiger partial charge in [-0.1, -0.05) is 13.8 Å². The summed E-state index contributed by atoms with van der Waals surface area (Å²) in [5, 5.41) is 3.15. The predicted molar refractivity (Wildman–Crippen MR) is 65.2 cm³/mol. The van der Waals surface area contributed by atoms with E-state index in [1.807, 2.05) is 0 Å². The fourth-order valence-corrected chi connectivity index (χ4v) is 1.45. The molecule has 6 nitrogen and oxygen atoms in total. The smallest absolute Gasteiger partial charge is 0.276 e. The minimum Gasteiger partial charge on any atom is -0.391 e. The highest BCUT2D eigenvalue weighted by atomic mass is 16.1. The zero-order valence-corrected chi connectivity index (χ0v) is 9.66. The zero-order valence-electron chi connectivity index (χ0n) is 9.66. The summed E-state index contributed by atoms with van der Waals surface area (Å²) in [5.41, 5.74) is 10.9. The third-order valence-corrected chi connectivity index (χ3v) is 2.49. The summed E-state index contributed by atoms with van der Waals surface area (Å²) >= 11 is 0. The van der Waals surface area contributed by atoms with Crippen LogP contribution in [-0.2, 0) is 0 Å². The molecule has 0 saturated carbocycles. The lowest BCUT2D eigenvalue weighted by atomic mass is 10.0. The van der Waals surface area contributed by atoms with E-state index in [0.29, 0.717) is 18.3 Å². The number of aromatic nitrogens is 2. The monoisotopic (exact) mass is 225 g/mol. The van der Waals surface area contributed by atoms with Crippen molar-refractivity contribution in [2.45, 2.75) is 26.3 Å². The van der Waals surface area contributed by atoms with Crippen molar-refractivity contribution in [3.63, 3.8) is 0 Å². The molecule has 0 bridgehead atoms. The minimum absolute atomic E-state index is 0.116. The summed E-state index contributed by atoms with van der Waals surface area (Å²) in [5.74, 6) is 0.819. The quantitative estimate of drug-likeness (QED) is 0.569. The van der Waals surface area contributed by atoms with Crippen molar-refractivity contribution in [2.24, 2.45) is 11.7 Å². The van der Waals surface area contributed by atoms with Gasteiger partial charge in [0.15, 0.2) is 5.82 Å². The normalized spacial score (nSPS) is 12.8. The molecule has 0 amide bonds. The molecule has 0 spiro atoms. The Hall–Kier alpha value is -1.56. The lowest BCUT2D eigenvalue weighted by Gasteiger charge is -2.22. The molecule has 0 aromatic carbocycles. The number of nitrogens with two attached hydrogens (primary N) is 2. The van der Waals surface area contributed by atoms with Gasteiger partial charge >= 0.3 is 0 Å². The molecule has 6 N–H and O–H groups in total. The van der Waals surface area contributed by atoms with Gasteiger partial charge < -0.3 is 21.8 Å². The van der Waals surface area contributed by atoms with Gasteiger partial charge in [-0.15, -0.1) is 0 Å². The molecule has 1 unspecified atom stereocenters. The minimum atomic E-state index is -0.326. The highest BCUT2D eigenvalue weighted by Gasteiger charge is 2.14. The summed E-state index contributed by atoms with van der Waals surface area (Å²) in [6, 6.07) is 0.168. The molecular weight excluding hydrogens is 206 g/mol. The van der Waals surface area contributed by atoms with Gasteiger partial charge in [-0.25, -0.2) is 4.98 Å². The number of nitrogens with one attached hydrogen (secondary N) is 2. The first-order valence-corrected chi connectivity index (χ1v) is 5.36. The Morgan fingerprint density at radius 3 is 2.81 bits per heavy atom. The molecule has 0 radical (unpaired) electrons. The Kier molecular flexibility index (Phi) is 4.30. The Bertz CT molecular complexity index is 387. The standard InChI is InChI=1S/C10H19N5O/c1-6(2)7(3-4-11)15-9-8(12)10(16)14-5-13-9/h5-7H,3-4,11-12H2,1-2H3,(H2,13,14,15,16). The van der Waals surface area contributed by atoms with Crippen molar-refractivity contribution in [3.05, 3.63) is 16.7 Å². The van der Waals surface area contributed by atoms with E-state index < -0.39 is 0 Å². The van der Waals surface area contributed by atoms with Crippen molar-refractivity contribution in [1.82, 2.24) is 9.97 Å². The molecule has 90 valence electrons. The molecule has 16 heavy (non-hydrogen) atoms. The highest BCUT2D eigenvalue weighted by Crippen LogP contribution is 2.15. The second-order valence-electron chi connectivity index (χ2n) is 4.07. The molecule has 0 fully saturated rings. The van der Waals surface area contributed by atoms with Crippen molar-refractivity contribution in [1.29, 1.82) is 0 Å². The molecule has 0 aliphatic carbocycles. The van der Waals surface area contributed by atoms with Crippen molar-refractivity contribution < 1.29 is 0 Å². The van der Waals surface area contributed by atoms with Crippen LogP contribution < -0.4 is 22.3 Å². The van der Waals surface area contributed by atoms with E-state index >= 15 is 0 Å².